The van der Waals surface area contributed by atoms with E-state index in [-0.39, 0.29) is 5.82 Å². The number of methoxy groups -OCH3 is 1. The molecule has 6 atom stereocenters. The number of rotatable bonds is 15. The van der Waals surface area contributed by atoms with E-state index in [1.54, 1.807) is 0 Å². The number of nitrogens with zero attached hydrogens (tertiary/aromatic N) is 3. The van der Waals surface area contributed by atoms with Gasteiger partial charge in [0.05, 0.1) is 20.3 Å². The van der Waals surface area contributed by atoms with Crippen molar-refractivity contribution in [2.24, 2.45) is 11.1 Å². The van der Waals surface area contributed by atoms with Gasteiger partial charge < -0.3 is 30.2 Å². The fraction of sp³-hybridized carbons (Fsp3) is 0.667. The van der Waals surface area contributed by atoms with Crippen LogP contribution >= 0.6 is 7.75 Å². The summed E-state index contributed by atoms with van der Waals surface area (Å²) < 4.78 is 40.4. The lowest BCUT2D eigenvalue weighted by Gasteiger charge is -2.30. The molecule has 2 heterocycles. The van der Waals surface area contributed by atoms with Gasteiger partial charge in [-0.05, 0) is 20.8 Å². The summed E-state index contributed by atoms with van der Waals surface area (Å²) in [5.74, 6) is -4.52. The van der Waals surface area contributed by atoms with E-state index < -0.39 is 93.0 Å². The van der Waals surface area contributed by atoms with Gasteiger partial charge in [-0.15, -0.1) is 5.10 Å². The molecule has 0 saturated carbocycles. The van der Waals surface area contributed by atoms with Gasteiger partial charge in [-0.1, -0.05) is 0 Å². The maximum absolute atomic E-state index is 13.7. The van der Waals surface area contributed by atoms with Crippen LogP contribution in [0.4, 0.5) is 0 Å². The third-order valence-corrected chi connectivity index (χ3v) is 7.65. The van der Waals surface area contributed by atoms with E-state index in [0.29, 0.717) is 0 Å². The Morgan fingerprint density at radius 2 is 1.77 bits per heavy atom. The van der Waals surface area contributed by atoms with Crippen molar-refractivity contribution in [3.05, 3.63) is 12.2 Å². The number of carbonyl (C=O) groups is 5. The van der Waals surface area contributed by atoms with Gasteiger partial charge in [0.2, 0.25) is 5.82 Å². The molecule has 6 unspecified atom stereocenters. The van der Waals surface area contributed by atoms with E-state index in [4.69, 9.17) is 24.3 Å². The Hall–Kier alpha value is -3.12. The number of carbonyl (C=O) groups excluding carboxylic acids is 5. The number of Topliss-reactive ketones (excluding diaryl/α,β-unsaturated/α-hetero) is 2. The Morgan fingerprint density at radius 1 is 1.15 bits per heavy atom. The molecule has 19 heteroatoms. The van der Waals surface area contributed by atoms with Crippen molar-refractivity contribution >= 4 is 37.2 Å². The number of nitrogens with two attached hydrogens (primary N) is 1. The van der Waals surface area contributed by atoms with Crippen LogP contribution in [0.3, 0.4) is 0 Å². The second kappa shape index (κ2) is 13.5. The molecule has 0 spiro atoms. The number of aliphatic hydroxyl groups excluding tert-OH is 2. The molecule has 224 valence electrons. The Labute approximate surface area is 228 Å². The molecule has 5 N–H and O–H groups in total. The second-order valence-electron chi connectivity index (χ2n) is 8.87. The number of amides is 1. The first-order valence-electron chi connectivity index (χ1n) is 11.7. The first-order valence-corrected chi connectivity index (χ1v) is 13.2. The van der Waals surface area contributed by atoms with Gasteiger partial charge in [0, 0.05) is 6.92 Å². The zero-order valence-electron chi connectivity index (χ0n) is 22.3. The molecule has 0 aromatic carbocycles. The highest BCUT2D eigenvalue weighted by Crippen LogP contribution is 2.47. The summed E-state index contributed by atoms with van der Waals surface area (Å²) in [7, 11) is -3.56. The number of hydrogen-bond acceptors (Lipinski definition) is 15. The van der Waals surface area contributed by atoms with Gasteiger partial charge in [-0.3, -0.25) is 33.0 Å². The van der Waals surface area contributed by atoms with E-state index in [1.165, 1.54) is 6.92 Å². The monoisotopic (exact) mass is 593 g/mol. The van der Waals surface area contributed by atoms with Crippen LogP contribution in [0.5, 0.6) is 0 Å². The molecule has 1 aliphatic heterocycles. The van der Waals surface area contributed by atoms with Gasteiger partial charge in [0.15, 0.2) is 6.23 Å². The number of ether oxygens (including phenoxy) is 3. The average molecular weight is 593 g/mol. The summed E-state index contributed by atoms with van der Waals surface area (Å²) in [5, 5.41) is 26.9. The van der Waals surface area contributed by atoms with Gasteiger partial charge in [-0.25, -0.2) is 19.3 Å². The fourth-order valence-electron chi connectivity index (χ4n) is 3.46. The van der Waals surface area contributed by atoms with Crippen LogP contribution in [0.1, 0.15) is 44.5 Å². The largest absolute Gasteiger partial charge is 0.468 e. The highest BCUT2D eigenvalue weighted by molar-refractivity contribution is 7.51. The second-order valence-corrected chi connectivity index (χ2v) is 10.6. The van der Waals surface area contributed by atoms with Crippen LogP contribution in [0.2, 0.25) is 0 Å². The van der Waals surface area contributed by atoms with Crippen molar-refractivity contribution < 1.29 is 62.0 Å². The summed E-state index contributed by atoms with van der Waals surface area (Å²) in [6, 6.07) is -1.29. The quantitative estimate of drug-likeness (QED) is 0.0975. The van der Waals surface area contributed by atoms with Crippen LogP contribution in [0.15, 0.2) is 6.33 Å². The van der Waals surface area contributed by atoms with E-state index in [1.807, 2.05) is 0 Å². The lowest BCUT2D eigenvalue weighted by molar-refractivity contribution is -0.154. The molecular weight excluding hydrogens is 561 g/mol. The number of primary amides is 1. The highest BCUT2D eigenvalue weighted by atomic mass is 31.2. The molecule has 1 aliphatic rings. The zero-order valence-corrected chi connectivity index (χ0v) is 23.2. The van der Waals surface area contributed by atoms with Crippen molar-refractivity contribution in [2.45, 2.75) is 58.3 Å². The molecule has 1 fully saturated rings. The third kappa shape index (κ3) is 7.75. The summed E-state index contributed by atoms with van der Waals surface area (Å²) >= 11 is 0. The molecule has 0 aliphatic carbocycles. The number of nitrogens with one attached hydrogen (secondary N) is 1. The predicted molar refractivity (Wildman–Crippen MR) is 129 cm³/mol. The Kier molecular flexibility index (Phi) is 11.2. The molecule has 18 nitrogen and oxygen atoms in total. The number of esters is 2. The number of hydrogen-bond donors (Lipinski definition) is 4. The van der Waals surface area contributed by atoms with Crippen LogP contribution in [0.25, 0.3) is 0 Å². The maximum Gasteiger partial charge on any atom is 0.406 e. The van der Waals surface area contributed by atoms with Crippen molar-refractivity contribution in [3.8, 4) is 0 Å². The first kappa shape index (κ1) is 33.1. The van der Waals surface area contributed by atoms with E-state index >= 15 is 0 Å². The van der Waals surface area contributed by atoms with Gasteiger partial charge in [0.1, 0.15) is 54.3 Å². The molecule has 1 aromatic heterocycles. The van der Waals surface area contributed by atoms with Crippen molar-refractivity contribution in [2.75, 3.05) is 26.9 Å². The van der Waals surface area contributed by atoms with Crippen LogP contribution in [-0.4, -0.2) is 106 Å². The molecule has 1 aromatic rings. The van der Waals surface area contributed by atoms with E-state index in [0.717, 1.165) is 38.9 Å². The van der Waals surface area contributed by atoms with Crippen molar-refractivity contribution in [1.29, 1.82) is 0 Å². The van der Waals surface area contributed by atoms with Crippen LogP contribution < -0.4 is 10.8 Å². The van der Waals surface area contributed by atoms with Crippen molar-refractivity contribution in [3.63, 3.8) is 0 Å². The minimum atomic E-state index is -4.63. The number of aliphatic hydroxyl groups is 2. The third-order valence-electron chi connectivity index (χ3n) is 5.99. The Morgan fingerprint density at radius 3 is 2.27 bits per heavy atom. The lowest BCUT2D eigenvalue weighted by Crippen LogP contribution is -2.46. The SMILES string of the molecule is COC(=O)C(C)NP(=O)(OCC1OC(n2cnc(C(N)=O)n2)C(O)C1O)OCC(COC(C)=O)(C(C)=O)C(C)=O. The van der Waals surface area contributed by atoms with Gasteiger partial charge in [0.25, 0.3) is 5.91 Å². The summed E-state index contributed by atoms with van der Waals surface area (Å²) in [5.41, 5.74) is 3.05. The maximum atomic E-state index is 13.7. The Balaban J connectivity index is 2.27. The predicted octanol–water partition coefficient (Wildman–Crippen LogP) is -1.98. The molecule has 1 amide bonds. The number of aromatic nitrogens is 3. The lowest BCUT2D eigenvalue weighted by atomic mass is 9.82. The molecule has 1 saturated heterocycles. The molecule has 2 rings (SSSR count). The molecular formula is C21H32N5O13P. The fourth-order valence-corrected chi connectivity index (χ4v) is 5.00. The first-order chi connectivity index (χ1) is 18.6. The number of ketones is 2. The van der Waals surface area contributed by atoms with E-state index in [2.05, 4.69) is 19.9 Å². The molecule has 0 radical (unpaired) electrons. The summed E-state index contributed by atoms with van der Waals surface area (Å²) in [6.07, 6.45) is -4.91. The highest BCUT2D eigenvalue weighted by Gasteiger charge is 2.48. The standard InChI is InChI=1S/C21H32N5O13P/c1-10(20(33)35-5)25-40(34,38-8-21(11(2)27,12(3)28)7-36-13(4)29)37-6-14-15(30)16(31)19(39-14)26-9-23-18(24-26)17(22)32/h9-10,14-16,19,30-31H,6-8H2,1-5H3,(H2,22,32)(H,25,34). The van der Waals surface area contributed by atoms with E-state index in [9.17, 15) is 38.8 Å². The van der Waals surface area contributed by atoms with Crippen LogP contribution in [-0.2, 0) is 47.0 Å². The summed E-state index contributed by atoms with van der Waals surface area (Å²) in [4.78, 5) is 63.1. The normalized spacial score (nSPS) is 23.2. The van der Waals surface area contributed by atoms with Crippen LogP contribution in [0, 0.1) is 5.41 Å². The smallest absolute Gasteiger partial charge is 0.406 e. The minimum Gasteiger partial charge on any atom is -0.468 e. The Bertz CT molecular complexity index is 1160. The topological polar surface area (TPSA) is 258 Å². The molecule has 0 bridgehead atoms. The molecule has 40 heavy (non-hydrogen) atoms. The van der Waals surface area contributed by atoms with Gasteiger partial charge >= 0.3 is 19.7 Å². The van der Waals surface area contributed by atoms with Crippen molar-refractivity contribution in [1.82, 2.24) is 19.9 Å². The zero-order chi connectivity index (χ0) is 30.4. The average Bonchev–Trinajstić information content (AvgIpc) is 3.47. The summed E-state index contributed by atoms with van der Waals surface area (Å²) in [6.45, 7) is 2.07. The minimum absolute atomic E-state index is 0.378. The van der Waals surface area contributed by atoms with Gasteiger partial charge in [-0.2, -0.15) is 0 Å².